The van der Waals surface area contributed by atoms with Gasteiger partial charge in [0.2, 0.25) is 0 Å². The molecule has 20 heavy (non-hydrogen) atoms. The summed E-state index contributed by atoms with van der Waals surface area (Å²) in [6.45, 7) is 11.4. The van der Waals surface area contributed by atoms with Gasteiger partial charge in [-0.2, -0.15) is 0 Å². The van der Waals surface area contributed by atoms with Crippen LogP contribution in [0.1, 0.15) is 57.1 Å². The van der Waals surface area contributed by atoms with Gasteiger partial charge in [0.25, 0.3) is 0 Å². The van der Waals surface area contributed by atoms with E-state index in [1.54, 1.807) is 5.56 Å². The molecule has 1 nitrogen and oxygen atoms in total. The fraction of sp³-hybridized carbons (Fsp3) is 0.684. The summed E-state index contributed by atoms with van der Waals surface area (Å²) in [5, 5.41) is 3.57. The number of rotatable bonds is 5. The van der Waals surface area contributed by atoms with Crippen molar-refractivity contribution in [3.8, 4) is 0 Å². The molecule has 0 aromatic heterocycles. The number of hydrogen-bond donors (Lipinski definition) is 1. The van der Waals surface area contributed by atoms with Crippen LogP contribution in [0.15, 0.2) is 24.3 Å². The summed E-state index contributed by atoms with van der Waals surface area (Å²) in [4.78, 5) is 0. The molecule has 1 N–H and O–H groups in total. The molecule has 0 saturated heterocycles. The van der Waals surface area contributed by atoms with Gasteiger partial charge in [-0.05, 0) is 68.5 Å². The Balaban J connectivity index is 2.14. The van der Waals surface area contributed by atoms with Gasteiger partial charge in [0, 0.05) is 0 Å². The molecule has 0 radical (unpaired) electrons. The lowest BCUT2D eigenvalue weighted by molar-refractivity contribution is 0.191. The van der Waals surface area contributed by atoms with Crippen LogP contribution in [-0.4, -0.2) is 13.1 Å². The highest BCUT2D eigenvalue weighted by Crippen LogP contribution is 2.42. The van der Waals surface area contributed by atoms with Crippen LogP contribution in [0.5, 0.6) is 0 Å². The predicted octanol–water partition coefficient (Wildman–Crippen LogP) is 4.76. The molecule has 1 aliphatic rings. The first kappa shape index (κ1) is 15.6. The molecule has 2 rings (SSSR count). The first-order valence-corrected chi connectivity index (χ1v) is 8.39. The van der Waals surface area contributed by atoms with E-state index in [0.717, 1.165) is 30.2 Å². The van der Waals surface area contributed by atoms with E-state index in [9.17, 15) is 0 Å². The number of nitrogens with one attached hydrogen (secondary N) is 1. The molecule has 1 aliphatic carbocycles. The molecule has 1 saturated carbocycles. The van der Waals surface area contributed by atoms with Gasteiger partial charge in [-0.3, -0.25) is 0 Å². The standard InChI is InChI=1S/C19H31N/c1-5-20-13-18-11-10-17(14(2)3)12-19(18)16-8-6-15(4)7-9-16/h6-9,14,17-20H,5,10-13H2,1-4H3. The molecule has 0 amide bonds. The summed E-state index contributed by atoms with van der Waals surface area (Å²) in [5.41, 5.74) is 2.93. The SMILES string of the molecule is CCNCC1CCC(C(C)C)CC1c1ccc(C)cc1. The van der Waals surface area contributed by atoms with E-state index in [0.29, 0.717) is 0 Å². The number of benzene rings is 1. The average Bonchev–Trinajstić information content (AvgIpc) is 2.45. The zero-order valence-electron chi connectivity index (χ0n) is 13.7. The molecule has 1 fully saturated rings. The van der Waals surface area contributed by atoms with E-state index in [4.69, 9.17) is 0 Å². The van der Waals surface area contributed by atoms with E-state index in [-0.39, 0.29) is 0 Å². The lowest BCUT2D eigenvalue weighted by Crippen LogP contribution is -2.33. The van der Waals surface area contributed by atoms with E-state index in [1.807, 2.05) is 0 Å². The summed E-state index contributed by atoms with van der Waals surface area (Å²) < 4.78 is 0. The predicted molar refractivity (Wildman–Crippen MR) is 88.1 cm³/mol. The molecule has 0 spiro atoms. The number of aryl methyl sites for hydroxylation is 1. The second-order valence-electron chi connectivity index (χ2n) is 6.90. The molecule has 1 heteroatoms. The molecule has 1 aromatic rings. The van der Waals surface area contributed by atoms with Crippen molar-refractivity contribution in [2.45, 2.75) is 52.9 Å². The Morgan fingerprint density at radius 2 is 1.85 bits per heavy atom. The van der Waals surface area contributed by atoms with Crippen LogP contribution in [0.2, 0.25) is 0 Å². The Labute approximate surface area is 125 Å². The van der Waals surface area contributed by atoms with Crippen LogP contribution in [0.4, 0.5) is 0 Å². The van der Waals surface area contributed by atoms with Crippen LogP contribution < -0.4 is 5.32 Å². The first-order valence-electron chi connectivity index (χ1n) is 8.39. The Bertz CT molecular complexity index is 393. The molecule has 3 atom stereocenters. The fourth-order valence-electron chi connectivity index (χ4n) is 3.67. The average molecular weight is 273 g/mol. The van der Waals surface area contributed by atoms with E-state index in [1.165, 1.54) is 31.4 Å². The van der Waals surface area contributed by atoms with E-state index < -0.39 is 0 Å². The van der Waals surface area contributed by atoms with Crippen molar-refractivity contribution >= 4 is 0 Å². The summed E-state index contributed by atoms with van der Waals surface area (Å²) in [6, 6.07) is 9.28. The zero-order chi connectivity index (χ0) is 14.5. The summed E-state index contributed by atoms with van der Waals surface area (Å²) >= 11 is 0. The summed E-state index contributed by atoms with van der Waals surface area (Å²) in [7, 11) is 0. The minimum atomic E-state index is 0.746. The van der Waals surface area contributed by atoms with Crippen LogP contribution in [-0.2, 0) is 0 Å². The lowest BCUT2D eigenvalue weighted by atomic mass is 9.68. The van der Waals surface area contributed by atoms with E-state index >= 15 is 0 Å². The summed E-state index contributed by atoms with van der Waals surface area (Å²) in [5.74, 6) is 3.28. The Morgan fingerprint density at radius 3 is 2.45 bits per heavy atom. The smallest absolute Gasteiger partial charge is 0.00148 e. The molecule has 112 valence electrons. The van der Waals surface area contributed by atoms with Gasteiger partial charge in [-0.25, -0.2) is 0 Å². The molecule has 0 aliphatic heterocycles. The molecule has 0 heterocycles. The maximum Gasteiger partial charge on any atom is -0.00148 e. The Kier molecular flexibility index (Phi) is 5.65. The van der Waals surface area contributed by atoms with Crippen molar-refractivity contribution < 1.29 is 0 Å². The van der Waals surface area contributed by atoms with Crippen molar-refractivity contribution in [2.24, 2.45) is 17.8 Å². The topological polar surface area (TPSA) is 12.0 Å². The van der Waals surface area contributed by atoms with Gasteiger partial charge in [-0.1, -0.05) is 50.6 Å². The van der Waals surface area contributed by atoms with Crippen molar-refractivity contribution in [3.63, 3.8) is 0 Å². The third-order valence-corrected chi connectivity index (χ3v) is 5.14. The second kappa shape index (κ2) is 7.26. The summed E-state index contributed by atoms with van der Waals surface area (Å²) in [6.07, 6.45) is 4.17. The van der Waals surface area contributed by atoms with Crippen LogP contribution in [0.25, 0.3) is 0 Å². The fourth-order valence-corrected chi connectivity index (χ4v) is 3.67. The molecular formula is C19H31N. The van der Waals surface area contributed by atoms with Crippen LogP contribution >= 0.6 is 0 Å². The molecule has 1 aromatic carbocycles. The maximum absolute atomic E-state index is 3.57. The zero-order valence-corrected chi connectivity index (χ0v) is 13.7. The highest BCUT2D eigenvalue weighted by molar-refractivity contribution is 5.25. The highest BCUT2D eigenvalue weighted by atomic mass is 14.8. The molecule has 3 unspecified atom stereocenters. The first-order chi connectivity index (χ1) is 9.61. The maximum atomic E-state index is 3.57. The minimum Gasteiger partial charge on any atom is -0.317 e. The van der Waals surface area contributed by atoms with Gasteiger partial charge in [0.1, 0.15) is 0 Å². The van der Waals surface area contributed by atoms with Crippen LogP contribution in [0.3, 0.4) is 0 Å². The van der Waals surface area contributed by atoms with Crippen molar-refractivity contribution in [1.29, 1.82) is 0 Å². The third kappa shape index (κ3) is 3.85. The molecular weight excluding hydrogens is 242 g/mol. The highest BCUT2D eigenvalue weighted by Gasteiger charge is 2.32. The number of hydrogen-bond acceptors (Lipinski definition) is 1. The van der Waals surface area contributed by atoms with E-state index in [2.05, 4.69) is 57.3 Å². The normalized spacial score (nSPS) is 26.9. The lowest BCUT2D eigenvalue weighted by Gasteiger charge is -2.38. The van der Waals surface area contributed by atoms with Gasteiger partial charge in [-0.15, -0.1) is 0 Å². The Morgan fingerprint density at radius 1 is 1.15 bits per heavy atom. The van der Waals surface area contributed by atoms with Crippen molar-refractivity contribution in [3.05, 3.63) is 35.4 Å². The van der Waals surface area contributed by atoms with Crippen molar-refractivity contribution in [1.82, 2.24) is 5.32 Å². The third-order valence-electron chi connectivity index (χ3n) is 5.14. The molecule has 0 bridgehead atoms. The van der Waals surface area contributed by atoms with Gasteiger partial charge in [0.15, 0.2) is 0 Å². The van der Waals surface area contributed by atoms with Gasteiger partial charge >= 0.3 is 0 Å². The van der Waals surface area contributed by atoms with Gasteiger partial charge < -0.3 is 5.32 Å². The largest absolute Gasteiger partial charge is 0.317 e. The second-order valence-corrected chi connectivity index (χ2v) is 6.90. The monoisotopic (exact) mass is 273 g/mol. The van der Waals surface area contributed by atoms with Gasteiger partial charge in [0.05, 0.1) is 0 Å². The van der Waals surface area contributed by atoms with Crippen molar-refractivity contribution in [2.75, 3.05) is 13.1 Å². The minimum absolute atomic E-state index is 0.746. The Hall–Kier alpha value is -0.820. The quantitative estimate of drug-likeness (QED) is 0.815. The van der Waals surface area contributed by atoms with Crippen LogP contribution in [0, 0.1) is 24.7 Å².